The van der Waals surface area contributed by atoms with Crippen LogP contribution in [0, 0.1) is 5.41 Å². The van der Waals surface area contributed by atoms with Crippen LogP contribution in [0.15, 0.2) is 23.4 Å². The predicted octanol–water partition coefficient (Wildman–Crippen LogP) is 1.76. The lowest BCUT2D eigenvalue weighted by Gasteiger charge is -1.98. The zero-order valence-electron chi connectivity index (χ0n) is 5.63. The molecule has 0 radical (unpaired) electrons. The third kappa shape index (κ3) is 1.36. The van der Waals surface area contributed by atoms with Crippen molar-refractivity contribution in [2.75, 3.05) is 0 Å². The Bertz CT molecular complexity index is 258. The van der Waals surface area contributed by atoms with Gasteiger partial charge in [0, 0.05) is 28.6 Å². The first-order valence-electron chi connectivity index (χ1n) is 2.90. The van der Waals surface area contributed by atoms with E-state index in [9.17, 15) is 0 Å². The lowest BCUT2D eigenvalue weighted by Crippen LogP contribution is -1.93. The van der Waals surface area contributed by atoms with Gasteiger partial charge in [-0.2, -0.15) is 0 Å². The molecule has 0 aliphatic heterocycles. The Kier molecular flexibility index (Phi) is 2.06. The Hall–Kier alpha value is -0.830. The number of hydrogen-bond acceptors (Lipinski definition) is 3. The third-order valence-corrected chi connectivity index (χ3v) is 1.56. The highest BCUT2D eigenvalue weighted by Crippen LogP contribution is 2.10. The van der Waals surface area contributed by atoms with Gasteiger partial charge < -0.3 is 5.41 Å². The number of aromatic nitrogens is 1. The van der Waals surface area contributed by atoms with Gasteiger partial charge in [-0.15, -0.1) is 12.6 Å². The van der Waals surface area contributed by atoms with E-state index >= 15 is 0 Å². The van der Waals surface area contributed by atoms with Crippen molar-refractivity contribution in [2.24, 2.45) is 0 Å². The minimum atomic E-state index is 0.521. The summed E-state index contributed by atoms with van der Waals surface area (Å²) >= 11 is 4.13. The standard InChI is InChI=1S/C7H8N2S/c1-5(8)6-2-3-9-4-7(6)10/h2-4,8,10H,1H3. The maximum atomic E-state index is 7.30. The Morgan fingerprint density at radius 3 is 2.80 bits per heavy atom. The van der Waals surface area contributed by atoms with Crippen molar-refractivity contribution in [3.63, 3.8) is 0 Å². The molecule has 10 heavy (non-hydrogen) atoms. The molecule has 3 heteroatoms. The van der Waals surface area contributed by atoms with Gasteiger partial charge in [-0.3, -0.25) is 4.98 Å². The molecule has 1 aromatic heterocycles. The van der Waals surface area contributed by atoms with E-state index in [2.05, 4.69) is 17.6 Å². The molecule has 1 rings (SSSR count). The lowest BCUT2D eigenvalue weighted by molar-refractivity contribution is 1.22. The van der Waals surface area contributed by atoms with Crippen molar-refractivity contribution >= 4 is 18.3 Å². The van der Waals surface area contributed by atoms with Crippen LogP contribution < -0.4 is 0 Å². The van der Waals surface area contributed by atoms with Crippen LogP contribution in [0.3, 0.4) is 0 Å². The molecule has 0 spiro atoms. The molecule has 0 saturated carbocycles. The van der Waals surface area contributed by atoms with Gasteiger partial charge >= 0.3 is 0 Å². The lowest BCUT2D eigenvalue weighted by atomic mass is 10.2. The molecular formula is C7H8N2S. The quantitative estimate of drug-likeness (QED) is 0.467. The summed E-state index contributed by atoms with van der Waals surface area (Å²) < 4.78 is 0. The van der Waals surface area contributed by atoms with Crippen LogP contribution >= 0.6 is 12.6 Å². The van der Waals surface area contributed by atoms with E-state index in [4.69, 9.17) is 5.41 Å². The van der Waals surface area contributed by atoms with E-state index < -0.39 is 0 Å². The summed E-state index contributed by atoms with van der Waals surface area (Å²) in [7, 11) is 0. The van der Waals surface area contributed by atoms with Gasteiger partial charge in [0.25, 0.3) is 0 Å². The largest absolute Gasteiger partial charge is 0.305 e. The number of nitrogens with zero attached hydrogens (tertiary/aromatic N) is 1. The zero-order valence-corrected chi connectivity index (χ0v) is 6.52. The number of thiol groups is 1. The van der Waals surface area contributed by atoms with Crippen molar-refractivity contribution in [2.45, 2.75) is 11.8 Å². The molecule has 0 aliphatic carbocycles. The minimum Gasteiger partial charge on any atom is -0.305 e. The molecule has 0 aliphatic rings. The van der Waals surface area contributed by atoms with E-state index in [1.165, 1.54) is 0 Å². The van der Waals surface area contributed by atoms with Gasteiger partial charge in [-0.05, 0) is 13.0 Å². The maximum absolute atomic E-state index is 7.30. The molecule has 1 N–H and O–H groups in total. The average molecular weight is 152 g/mol. The third-order valence-electron chi connectivity index (χ3n) is 1.20. The fourth-order valence-electron chi connectivity index (χ4n) is 0.703. The summed E-state index contributed by atoms with van der Waals surface area (Å²) in [5.74, 6) is 0. The Morgan fingerprint density at radius 2 is 2.40 bits per heavy atom. The maximum Gasteiger partial charge on any atom is 0.0408 e. The van der Waals surface area contributed by atoms with Gasteiger partial charge in [0.05, 0.1) is 0 Å². The van der Waals surface area contributed by atoms with Gasteiger partial charge in [0.2, 0.25) is 0 Å². The fraction of sp³-hybridized carbons (Fsp3) is 0.143. The molecule has 0 fully saturated rings. The fourth-order valence-corrected chi connectivity index (χ4v) is 1.01. The molecule has 1 heterocycles. The van der Waals surface area contributed by atoms with E-state index in [0.29, 0.717) is 5.71 Å². The molecule has 0 atom stereocenters. The highest BCUT2D eigenvalue weighted by Gasteiger charge is 1.97. The summed E-state index contributed by atoms with van der Waals surface area (Å²) in [6.45, 7) is 1.73. The summed E-state index contributed by atoms with van der Waals surface area (Å²) in [5, 5.41) is 7.30. The Labute approximate surface area is 65.2 Å². The molecule has 1 aromatic rings. The van der Waals surface area contributed by atoms with Crippen molar-refractivity contribution in [3.05, 3.63) is 24.0 Å². The second kappa shape index (κ2) is 2.84. The first kappa shape index (κ1) is 7.28. The Morgan fingerprint density at radius 1 is 1.70 bits per heavy atom. The van der Waals surface area contributed by atoms with Crippen LogP contribution in [0.4, 0.5) is 0 Å². The van der Waals surface area contributed by atoms with Crippen LogP contribution in [0.2, 0.25) is 0 Å². The van der Waals surface area contributed by atoms with E-state index in [0.717, 1.165) is 10.5 Å². The Balaban J connectivity index is 3.15. The molecule has 0 aromatic carbocycles. The minimum absolute atomic E-state index is 0.521. The van der Waals surface area contributed by atoms with Crippen molar-refractivity contribution < 1.29 is 0 Å². The summed E-state index contributed by atoms with van der Waals surface area (Å²) in [6.07, 6.45) is 3.30. The average Bonchev–Trinajstić information content (AvgIpc) is 1.88. The van der Waals surface area contributed by atoms with Crippen molar-refractivity contribution in [1.82, 2.24) is 4.98 Å². The van der Waals surface area contributed by atoms with E-state index in [-0.39, 0.29) is 0 Å². The van der Waals surface area contributed by atoms with Gasteiger partial charge in [0.1, 0.15) is 0 Å². The molecule has 0 unspecified atom stereocenters. The summed E-state index contributed by atoms with van der Waals surface area (Å²) in [5.41, 5.74) is 1.37. The number of pyridine rings is 1. The second-order valence-corrected chi connectivity index (χ2v) is 2.50. The first-order chi connectivity index (χ1) is 4.72. The molecule has 0 amide bonds. The smallest absolute Gasteiger partial charge is 0.0408 e. The SMILES string of the molecule is CC(=N)c1ccncc1S. The van der Waals surface area contributed by atoms with Crippen LogP contribution in [0.25, 0.3) is 0 Å². The van der Waals surface area contributed by atoms with Crippen molar-refractivity contribution in [1.29, 1.82) is 5.41 Å². The predicted molar refractivity (Wildman–Crippen MR) is 44.0 cm³/mol. The highest BCUT2D eigenvalue weighted by atomic mass is 32.1. The second-order valence-electron chi connectivity index (χ2n) is 2.02. The van der Waals surface area contributed by atoms with Crippen molar-refractivity contribution in [3.8, 4) is 0 Å². The topological polar surface area (TPSA) is 36.7 Å². The van der Waals surface area contributed by atoms with Crippen LogP contribution in [0.5, 0.6) is 0 Å². The number of nitrogens with one attached hydrogen (secondary N) is 1. The molecule has 52 valence electrons. The molecular weight excluding hydrogens is 144 g/mol. The van der Waals surface area contributed by atoms with Gasteiger partial charge in [0.15, 0.2) is 0 Å². The molecule has 2 nitrogen and oxygen atoms in total. The molecule has 0 bridgehead atoms. The number of hydrogen-bond donors (Lipinski definition) is 2. The highest BCUT2D eigenvalue weighted by molar-refractivity contribution is 7.80. The first-order valence-corrected chi connectivity index (χ1v) is 3.35. The van der Waals surface area contributed by atoms with Crippen LogP contribution in [-0.2, 0) is 0 Å². The zero-order chi connectivity index (χ0) is 7.56. The van der Waals surface area contributed by atoms with E-state index in [1.54, 1.807) is 25.4 Å². The normalized spacial score (nSPS) is 9.40. The van der Waals surface area contributed by atoms with E-state index in [1.807, 2.05) is 0 Å². The monoisotopic (exact) mass is 152 g/mol. The summed E-state index contributed by atoms with van der Waals surface area (Å²) in [4.78, 5) is 4.61. The van der Waals surface area contributed by atoms with Gasteiger partial charge in [-0.1, -0.05) is 0 Å². The van der Waals surface area contributed by atoms with Gasteiger partial charge in [-0.25, -0.2) is 0 Å². The number of rotatable bonds is 1. The molecule has 0 saturated heterocycles. The van der Waals surface area contributed by atoms with Crippen LogP contribution in [-0.4, -0.2) is 10.7 Å². The summed E-state index contributed by atoms with van der Waals surface area (Å²) in [6, 6.07) is 1.78. The van der Waals surface area contributed by atoms with Crippen LogP contribution in [0.1, 0.15) is 12.5 Å².